The Morgan fingerprint density at radius 2 is 1.36 bits per heavy atom. The molecule has 3 heteroatoms. The molecule has 0 saturated carbocycles. The van der Waals surface area contributed by atoms with Gasteiger partial charge in [0.2, 0.25) is 0 Å². The normalized spacial score (nSPS) is 11.0. The molecule has 0 N–H and O–H groups in total. The number of carbonyl (C=O) groups excluding carboxylic acids is 1. The quantitative estimate of drug-likeness (QED) is 0.353. The Bertz CT molecular complexity index is 485. The molecule has 0 aliphatic rings. The van der Waals surface area contributed by atoms with Crippen molar-refractivity contribution in [1.82, 2.24) is 0 Å². The van der Waals surface area contributed by atoms with Gasteiger partial charge in [-0.15, -0.1) is 0 Å². The molecule has 0 fully saturated rings. The summed E-state index contributed by atoms with van der Waals surface area (Å²) >= 11 is 0. The second-order valence-electron chi connectivity index (χ2n) is 7.34. The second kappa shape index (κ2) is 13.9. The van der Waals surface area contributed by atoms with Crippen LogP contribution in [0, 0.1) is 6.92 Å². The van der Waals surface area contributed by atoms with E-state index in [2.05, 4.69) is 36.9 Å². The van der Waals surface area contributed by atoms with E-state index in [9.17, 15) is 9.90 Å². The van der Waals surface area contributed by atoms with Gasteiger partial charge in [-0.3, -0.25) is 0 Å². The summed E-state index contributed by atoms with van der Waals surface area (Å²) in [6.07, 6.45) is 18.5. The smallest absolute Gasteiger partial charge is 0.181 e. The first-order valence-corrected chi connectivity index (χ1v) is 10.2. The molecule has 0 radical (unpaired) electrons. The maximum absolute atomic E-state index is 10.3. The lowest BCUT2D eigenvalue weighted by Crippen LogP contribution is -2.32. The second-order valence-corrected chi connectivity index (χ2v) is 7.34. The van der Waals surface area contributed by atoms with Crippen LogP contribution in [0.4, 0.5) is 0 Å². The number of aliphatic carboxylic acids is 1. The van der Waals surface area contributed by atoms with Gasteiger partial charge in [-0.1, -0.05) is 64.2 Å². The van der Waals surface area contributed by atoms with E-state index >= 15 is 0 Å². The van der Waals surface area contributed by atoms with Gasteiger partial charge in [0.05, 0.1) is 0 Å². The first kappa shape index (κ1) is 21.7. The largest absolute Gasteiger partial charge is 0.550 e. The Labute approximate surface area is 154 Å². The van der Waals surface area contributed by atoms with Crippen molar-refractivity contribution in [3.05, 3.63) is 29.6 Å². The molecule has 0 saturated heterocycles. The molecular weight excluding hydrogens is 310 g/mol. The van der Waals surface area contributed by atoms with E-state index < -0.39 is 5.97 Å². The zero-order chi connectivity index (χ0) is 18.3. The van der Waals surface area contributed by atoms with E-state index in [4.69, 9.17) is 0 Å². The number of carboxylic acid groups (broad SMARTS) is 1. The fourth-order valence-electron chi connectivity index (χ4n) is 3.36. The summed E-state index contributed by atoms with van der Waals surface area (Å²) in [5.41, 5.74) is 2.88. The van der Waals surface area contributed by atoms with Gasteiger partial charge in [0, 0.05) is 24.5 Å². The van der Waals surface area contributed by atoms with E-state index in [0.29, 0.717) is 0 Å². The van der Waals surface area contributed by atoms with Gasteiger partial charge in [-0.25, -0.2) is 4.57 Å². The Morgan fingerprint density at radius 1 is 0.880 bits per heavy atom. The minimum Gasteiger partial charge on any atom is -0.550 e. The number of rotatable bonds is 15. The summed E-state index contributed by atoms with van der Waals surface area (Å²) < 4.78 is 2.21. The highest BCUT2D eigenvalue weighted by Crippen LogP contribution is 2.14. The number of aromatic nitrogens is 1. The van der Waals surface area contributed by atoms with Gasteiger partial charge in [0.1, 0.15) is 7.05 Å². The predicted octanol–water partition coefficient (Wildman–Crippen LogP) is 4.18. The first-order chi connectivity index (χ1) is 12.1. The minimum absolute atomic E-state index is 0.224. The van der Waals surface area contributed by atoms with E-state index in [1.807, 2.05) is 0 Å². The van der Waals surface area contributed by atoms with Crippen molar-refractivity contribution in [2.45, 2.75) is 96.8 Å². The maximum Gasteiger partial charge on any atom is 0.181 e. The fraction of sp³-hybridized carbons (Fsp3) is 0.727. The Morgan fingerprint density at radius 3 is 1.88 bits per heavy atom. The fourth-order valence-corrected chi connectivity index (χ4v) is 3.36. The molecule has 1 aromatic rings. The molecular formula is C22H37NO2. The zero-order valence-electron chi connectivity index (χ0n) is 16.4. The van der Waals surface area contributed by atoms with Gasteiger partial charge in [0.25, 0.3) is 0 Å². The lowest BCUT2D eigenvalue weighted by Gasteiger charge is -2.05. The molecule has 142 valence electrons. The molecule has 0 aliphatic carbocycles. The first-order valence-electron chi connectivity index (χ1n) is 10.2. The molecule has 0 aromatic carbocycles. The molecule has 0 aliphatic heterocycles. The van der Waals surface area contributed by atoms with Gasteiger partial charge in [0.15, 0.2) is 11.9 Å². The van der Waals surface area contributed by atoms with Crippen molar-refractivity contribution in [1.29, 1.82) is 0 Å². The highest BCUT2D eigenvalue weighted by Gasteiger charge is 2.06. The molecule has 0 bridgehead atoms. The number of hydrogen-bond donors (Lipinski definition) is 0. The van der Waals surface area contributed by atoms with Crippen LogP contribution in [0.15, 0.2) is 18.3 Å². The number of carbonyl (C=O) groups is 1. The van der Waals surface area contributed by atoms with Gasteiger partial charge in [-0.2, -0.15) is 0 Å². The van der Waals surface area contributed by atoms with Crippen molar-refractivity contribution in [3.8, 4) is 0 Å². The molecule has 0 amide bonds. The lowest BCUT2D eigenvalue weighted by molar-refractivity contribution is -0.678. The third kappa shape index (κ3) is 11.0. The van der Waals surface area contributed by atoms with Crippen LogP contribution in [0.3, 0.4) is 0 Å². The van der Waals surface area contributed by atoms with Gasteiger partial charge >= 0.3 is 0 Å². The highest BCUT2D eigenvalue weighted by atomic mass is 16.4. The monoisotopic (exact) mass is 347 g/mol. The Hall–Kier alpha value is -1.38. The van der Waals surface area contributed by atoms with Crippen LogP contribution in [-0.2, 0) is 18.3 Å². The van der Waals surface area contributed by atoms with Crippen LogP contribution in [0.2, 0.25) is 0 Å². The average Bonchev–Trinajstić information content (AvgIpc) is 2.58. The maximum atomic E-state index is 10.3. The number of hydrogen-bond acceptors (Lipinski definition) is 2. The molecule has 3 nitrogen and oxygen atoms in total. The number of nitrogens with zero attached hydrogens (tertiary/aromatic N) is 1. The standard InChI is InChI=1S/C22H37NO2/c1-20-21(17-15-19-23(20)2)16-13-11-9-7-5-3-4-6-8-10-12-14-18-22(24)25/h15,17,19H,3-14,16,18H2,1-2H3. The molecule has 1 aromatic heterocycles. The van der Waals surface area contributed by atoms with Gasteiger partial charge in [-0.05, 0) is 31.7 Å². The summed E-state index contributed by atoms with van der Waals surface area (Å²) in [4.78, 5) is 10.3. The van der Waals surface area contributed by atoms with Crippen LogP contribution in [0.1, 0.15) is 94.7 Å². The number of unbranched alkanes of at least 4 members (excludes halogenated alkanes) is 11. The van der Waals surface area contributed by atoms with Crippen LogP contribution in [-0.4, -0.2) is 5.97 Å². The number of pyridine rings is 1. The molecule has 1 heterocycles. The highest BCUT2D eigenvalue weighted by molar-refractivity contribution is 5.63. The predicted molar refractivity (Wildman–Crippen MR) is 101 cm³/mol. The Balaban J connectivity index is 1.85. The summed E-state index contributed by atoms with van der Waals surface area (Å²) in [6.45, 7) is 2.21. The topological polar surface area (TPSA) is 44.0 Å². The van der Waals surface area contributed by atoms with E-state index in [1.165, 1.54) is 81.9 Å². The molecule has 1 rings (SSSR count). The zero-order valence-corrected chi connectivity index (χ0v) is 16.4. The minimum atomic E-state index is -0.909. The summed E-state index contributed by atoms with van der Waals surface area (Å²) in [6, 6.07) is 4.40. The van der Waals surface area contributed by atoms with Gasteiger partial charge < -0.3 is 9.90 Å². The van der Waals surface area contributed by atoms with Crippen LogP contribution in [0.5, 0.6) is 0 Å². The van der Waals surface area contributed by atoms with Crippen LogP contribution < -0.4 is 9.67 Å². The van der Waals surface area contributed by atoms with Crippen LogP contribution in [0.25, 0.3) is 0 Å². The van der Waals surface area contributed by atoms with Crippen molar-refractivity contribution < 1.29 is 14.5 Å². The SMILES string of the molecule is Cc1c(CCCCCCCCCCCCCCC(=O)[O-])ccc[n+]1C. The summed E-state index contributed by atoms with van der Waals surface area (Å²) in [7, 11) is 2.12. The molecule has 25 heavy (non-hydrogen) atoms. The average molecular weight is 348 g/mol. The summed E-state index contributed by atoms with van der Waals surface area (Å²) in [5, 5.41) is 10.3. The van der Waals surface area contributed by atoms with Crippen LogP contribution >= 0.6 is 0 Å². The third-order valence-electron chi connectivity index (χ3n) is 5.18. The van der Waals surface area contributed by atoms with E-state index in [-0.39, 0.29) is 6.42 Å². The molecule has 0 atom stereocenters. The van der Waals surface area contributed by atoms with Crippen molar-refractivity contribution >= 4 is 5.97 Å². The third-order valence-corrected chi connectivity index (χ3v) is 5.18. The van der Waals surface area contributed by atoms with E-state index in [1.54, 1.807) is 0 Å². The number of aryl methyl sites for hydroxylation is 2. The Kier molecular flexibility index (Phi) is 12.0. The molecule has 0 unspecified atom stereocenters. The molecule has 0 spiro atoms. The number of carboxylic acids is 1. The van der Waals surface area contributed by atoms with Crippen molar-refractivity contribution in [2.24, 2.45) is 7.05 Å². The van der Waals surface area contributed by atoms with Crippen molar-refractivity contribution in [2.75, 3.05) is 0 Å². The van der Waals surface area contributed by atoms with Crippen molar-refractivity contribution in [3.63, 3.8) is 0 Å². The lowest BCUT2D eigenvalue weighted by atomic mass is 10.0. The summed E-state index contributed by atoms with van der Waals surface area (Å²) in [5.74, 6) is -0.909. The van der Waals surface area contributed by atoms with E-state index in [0.717, 1.165) is 12.8 Å².